The number of hydrogen-bond donors (Lipinski definition) is 0. The Kier molecular flexibility index (Phi) is 5.00. The smallest absolute Gasteiger partial charge is 0.336 e. The minimum Gasteiger partial charge on any atom is -0.456 e. The van der Waals surface area contributed by atoms with Gasteiger partial charge in [-0.3, -0.25) is 9.59 Å². The third-order valence-corrected chi connectivity index (χ3v) is 8.04. The molecule has 1 aromatic rings. The summed E-state index contributed by atoms with van der Waals surface area (Å²) in [6, 6.07) is 4.14. The molecule has 2 saturated heterocycles. The summed E-state index contributed by atoms with van der Waals surface area (Å²) < 4.78 is 5.11. The number of fused-ring (bicyclic) bond motifs is 1. The van der Waals surface area contributed by atoms with Crippen LogP contribution in [-0.2, 0) is 27.2 Å². The first-order chi connectivity index (χ1) is 14.9. The molecular weight excluding hydrogens is 392 g/mol. The number of amides is 1. The Hall–Kier alpha value is -2.47. The summed E-state index contributed by atoms with van der Waals surface area (Å²) in [7, 11) is 0. The highest BCUT2D eigenvalue weighted by Crippen LogP contribution is 2.43. The Morgan fingerprint density at radius 1 is 1.00 bits per heavy atom. The number of nitrogens with zero attached hydrogens (tertiary/aromatic N) is 2. The predicted molar refractivity (Wildman–Crippen MR) is 116 cm³/mol. The van der Waals surface area contributed by atoms with Gasteiger partial charge in [-0.2, -0.15) is 0 Å². The molecule has 2 fully saturated rings. The summed E-state index contributed by atoms with van der Waals surface area (Å²) >= 11 is 0. The number of ketones is 1. The zero-order valence-electron chi connectivity index (χ0n) is 18.5. The number of hydrogen-bond acceptors (Lipinski definition) is 5. The van der Waals surface area contributed by atoms with Gasteiger partial charge >= 0.3 is 5.97 Å². The van der Waals surface area contributed by atoms with Crippen molar-refractivity contribution in [2.24, 2.45) is 5.41 Å². The molecule has 0 atom stereocenters. The van der Waals surface area contributed by atoms with Crippen LogP contribution in [0, 0.1) is 12.3 Å². The average molecular weight is 423 g/mol. The van der Waals surface area contributed by atoms with Gasteiger partial charge in [0.25, 0.3) is 0 Å². The van der Waals surface area contributed by atoms with Gasteiger partial charge in [0.05, 0.1) is 16.7 Å². The van der Waals surface area contributed by atoms with Gasteiger partial charge in [-0.05, 0) is 75.7 Å². The van der Waals surface area contributed by atoms with E-state index in [2.05, 4.69) is 17.9 Å². The van der Waals surface area contributed by atoms with E-state index in [1.54, 1.807) is 6.92 Å². The molecule has 0 radical (unpaired) electrons. The van der Waals surface area contributed by atoms with Crippen molar-refractivity contribution in [2.75, 3.05) is 32.8 Å². The van der Waals surface area contributed by atoms with Crippen LogP contribution in [0.2, 0.25) is 0 Å². The zero-order chi connectivity index (χ0) is 21.8. The maximum atomic E-state index is 13.3. The van der Waals surface area contributed by atoms with E-state index in [0.717, 1.165) is 63.0 Å². The number of benzene rings is 1. The SMILES string of the molecule is CC1=C(N2CCC3(CCN(CCc4ccc5c(c4C)CCC5=O)CC3)C2=O)COC1=O. The van der Waals surface area contributed by atoms with Gasteiger partial charge in [0, 0.05) is 25.1 Å². The van der Waals surface area contributed by atoms with Gasteiger partial charge in [-0.25, -0.2) is 4.79 Å². The van der Waals surface area contributed by atoms with E-state index >= 15 is 0 Å². The molecule has 164 valence electrons. The molecule has 1 spiro atoms. The van der Waals surface area contributed by atoms with E-state index in [9.17, 15) is 14.4 Å². The molecule has 5 rings (SSSR count). The summed E-state index contributed by atoms with van der Waals surface area (Å²) in [4.78, 5) is 41.2. The van der Waals surface area contributed by atoms with Crippen molar-refractivity contribution in [3.8, 4) is 0 Å². The van der Waals surface area contributed by atoms with Crippen LogP contribution in [0.1, 0.15) is 59.7 Å². The lowest BCUT2D eigenvalue weighted by molar-refractivity contribution is -0.138. The lowest BCUT2D eigenvalue weighted by Crippen LogP contribution is -2.45. The highest BCUT2D eigenvalue weighted by Gasteiger charge is 2.49. The fourth-order valence-electron chi connectivity index (χ4n) is 5.81. The topological polar surface area (TPSA) is 66.9 Å². The van der Waals surface area contributed by atoms with Crippen LogP contribution in [-0.4, -0.2) is 60.2 Å². The molecule has 6 heteroatoms. The first-order valence-corrected chi connectivity index (χ1v) is 11.5. The van der Waals surface area contributed by atoms with Crippen molar-refractivity contribution in [1.82, 2.24) is 9.80 Å². The molecule has 3 heterocycles. The number of carbonyl (C=O) groups is 3. The largest absolute Gasteiger partial charge is 0.456 e. The quantitative estimate of drug-likeness (QED) is 0.698. The molecule has 4 aliphatic rings. The van der Waals surface area contributed by atoms with Crippen LogP contribution in [0.15, 0.2) is 23.4 Å². The van der Waals surface area contributed by atoms with Crippen LogP contribution < -0.4 is 0 Å². The van der Waals surface area contributed by atoms with Crippen LogP contribution in [0.25, 0.3) is 0 Å². The average Bonchev–Trinajstić information content (AvgIpc) is 3.41. The second-order valence-electron chi connectivity index (χ2n) is 9.53. The number of Topliss-reactive ketones (excluding diaryl/α,β-unsaturated/α-hetero) is 1. The molecule has 1 aliphatic carbocycles. The maximum Gasteiger partial charge on any atom is 0.336 e. The van der Waals surface area contributed by atoms with Crippen LogP contribution in [0.4, 0.5) is 0 Å². The van der Waals surface area contributed by atoms with Gasteiger partial charge in [0.15, 0.2) is 5.78 Å². The first-order valence-electron chi connectivity index (χ1n) is 11.5. The molecule has 0 unspecified atom stereocenters. The molecular formula is C25H30N2O4. The Labute approximate surface area is 183 Å². The van der Waals surface area contributed by atoms with E-state index in [1.807, 2.05) is 11.0 Å². The number of esters is 1. The van der Waals surface area contributed by atoms with Crippen molar-refractivity contribution in [3.05, 3.63) is 45.7 Å². The number of rotatable bonds is 4. The minimum absolute atomic E-state index is 0.180. The Balaban J connectivity index is 1.20. The number of piperidine rings is 1. The van der Waals surface area contributed by atoms with E-state index < -0.39 is 0 Å². The zero-order valence-corrected chi connectivity index (χ0v) is 18.5. The van der Waals surface area contributed by atoms with Gasteiger partial charge in [0.1, 0.15) is 6.61 Å². The maximum absolute atomic E-state index is 13.3. The molecule has 0 bridgehead atoms. The summed E-state index contributed by atoms with van der Waals surface area (Å²) in [5.74, 6) is 0.157. The summed E-state index contributed by atoms with van der Waals surface area (Å²) in [6.45, 7) is 7.65. The fourth-order valence-corrected chi connectivity index (χ4v) is 5.81. The molecule has 3 aliphatic heterocycles. The van der Waals surface area contributed by atoms with Crippen LogP contribution in [0.5, 0.6) is 0 Å². The van der Waals surface area contributed by atoms with Crippen LogP contribution >= 0.6 is 0 Å². The number of ether oxygens (including phenoxy) is 1. The van der Waals surface area contributed by atoms with Crippen molar-refractivity contribution in [3.63, 3.8) is 0 Å². The van der Waals surface area contributed by atoms with Crippen molar-refractivity contribution >= 4 is 17.7 Å². The van der Waals surface area contributed by atoms with Crippen molar-refractivity contribution in [2.45, 2.75) is 52.4 Å². The Morgan fingerprint density at radius 2 is 1.74 bits per heavy atom. The predicted octanol–water partition coefficient (Wildman–Crippen LogP) is 2.81. The highest BCUT2D eigenvalue weighted by molar-refractivity contribution is 6.00. The summed E-state index contributed by atoms with van der Waals surface area (Å²) in [6.07, 6.45) is 5.12. The van der Waals surface area contributed by atoms with Crippen molar-refractivity contribution in [1.29, 1.82) is 0 Å². The van der Waals surface area contributed by atoms with E-state index in [1.165, 1.54) is 16.7 Å². The van der Waals surface area contributed by atoms with Crippen molar-refractivity contribution < 1.29 is 19.1 Å². The van der Waals surface area contributed by atoms with Gasteiger partial charge < -0.3 is 14.5 Å². The van der Waals surface area contributed by atoms with Gasteiger partial charge in [0.2, 0.25) is 5.91 Å². The second-order valence-corrected chi connectivity index (χ2v) is 9.53. The van der Waals surface area contributed by atoms with E-state index in [-0.39, 0.29) is 29.7 Å². The van der Waals surface area contributed by atoms with Gasteiger partial charge in [-0.15, -0.1) is 0 Å². The van der Waals surface area contributed by atoms with E-state index in [0.29, 0.717) is 18.5 Å². The Bertz CT molecular complexity index is 1000. The molecule has 31 heavy (non-hydrogen) atoms. The van der Waals surface area contributed by atoms with Crippen LogP contribution in [0.3, 0.4) is 0 Å². The molecule has 1 aromatic carbocycles. The first kappa shape index (κ1) is 20.4. The third kappa shape index (κ3) is 3.32. The fraction of sp³-hybridized carbons (Fsp3) is 0.560. The normalized spacial score (nSPS) is 23.3. The van der Waals surface area contributed by atoms with E-state index in [4.69, 9.17) is 4.74 Å². The molecule has 1 amide bonds. The molecule has 0 N–H and O–H groups in total. The lowest BCUT2D eigenvalue weighted by atomic mass is 9.77. The number of cyclic esters (lactones) is 1. The minimum atomic E-state index is -0.301. The highest BCUT2D eigenvalue weighted by atomic mass is 16.5. The molecule has 6 nitrogen and oxygen atoms in total. The number of likely N-dealkylation sites (tertiary alicyclic amines) is 2. The molecule has 0 saturated carbocycles. The standard InChI is InChI=1S/C25H30N2O4/c1-16-18(3-4-20-19(16)5-6-22(20)28)7-11-26-12-8-25(9-13-26)10-14-27(24(25)30)21-15-31-23(29)17(21)2/h3-4H,5-15H2,1-2H3. The second kappa shape index (κ2) is 7.59. The summed E-state index contributed by atoms with van der Waals surface area (Å²) in [5, 5.41) is 0. The lowest BCUT2D eigenvalue weighted by Gasteiger charge is -2.38. The molecule has 0 aromatic heterocycles. The Morgan fingerprint density at radius 3 is 2.45 bits per heavy atom. The number of carbonyl (C=O) groups excluding carboxylic acids is 3. The summed E-state index contributed by atoms with van der Waals surface area (Å²) in [5.41, 5.74) is 5.86. The van der Waals surface area contributed by atoms with Gasteiger partial charge in [-0.1, -0.05) is 12.1 Å². The monoisotopic (exact) mass is 422 g/mol. The third-order valence-electron chi connectivity index (χ3n) is 8.04.